The maximum absolute atomic E-state index is 14.3. The van der Waals surface area contributed by atoms with Crippen molar-refractivity contribution in [3.8, 4) is 11.5 Å². The van der Waals surface area contributed by atoms with E-state index in [4.69, 9.17) is 18.9 Å². The molecule has 48 heavy (non-hydrogen) atoms. The molecule has 6 heteroatoms. The molecule has 6 nitrogen and oxygen atoms in total. The Bertz CT molecular complexity index is 1730. The molecule has 0 spiro atoms. The van der Waals surface area contributed by atoms with Gasteiger partial charge in [-0.15, -0.1) is 0 Å². The van der Waals surface area contributed by atoms with Crippen LogP contribution in [0.4, 0.5) is 5.69 Å². The summed E-state index contributed by atoms with van der Waals surface area (Å²) < 4.78 is 23.8. The Kier molecular flexibility index (Phi) is 10.2. The molecule has 1 aliphatic rings. The number of carbonyl (C=O) groups is 1. The number of fused-ring (bicyclic) bond motifs is 1. The summed E-state index contributed by atoms with van der Waals surface area (Å²) in [5.74, 6) is 2.38. The molecule has 246 valence electrons. The van der Waals surface area contributed by atoms with Crippen LogP contribution in [0.5, 0.6) is 11.5 Å². The normalized spacial score (nSPS) is 16.3. The number of amides is 1. The van der Waals surface area contributed by atoms with Gasteiger partial charge in [-0.2, -0.15) is 0 Å². The van der Waals surface area contributed by atoms with Crippen LogP contribution >= 0.6 is 0 Å². The first-order valence-electron chi connectivity index (χ1n) is 16.0. The van der Waals surface area contributed by atoms with E-state index in [1.165, 1.54) is 0 Å². The lowest BCUT2D eigenvalue weighted by atomic mass is 9.76. The summed E-state index contributed by atoms with van der Waals surface area (Å²) in [7, 11) is 0. The molecular formula is C42H43NO5. The number of hydrogen-bond donors (Lipinski definition) is 0. The van der Waals surface area contributed by atoms with Gasteiger partial charge in [0.1, 0.15) is 54.0 Å². The molecule has 1 aliphatic heterocycles. The summed E-state index contributed by atoms with van der Waals surface area (Å²) in [6, 6.07) is 33.4. The Morgan fingerprint density at radius 3 is 1.54 bits per heavy atom. The van der Waals surface area contributed by atoms with E-state index in [0.717, 1.165) is 33.5 Å². The first kappa shape index (κ1) is 33.9. The van der Waals surface area contributed by atoms with Crippen LogP contribution in [0.25, 0.3) is 0 Å². The third-order valence-electron chi connectivity index (χ3n) is 8.25. The fourth-order valence-electron chi connectivity index (χ4n) is 5.77. The zero-order valence-electron chi connectivity index (χ0n) is 28.2. The fourth-order valence-corrected chi connectivity index (χ4v) is 5.77. The predicted molar refractivity (Wildman–Crippen MR) is 192 cm³/mol. The average molecular weight is 642 g/mol. The lowest BCUT2D eigenvalue weighted by Gasteiger charge is -2.40. The van der Waals surface area contributed by atoms with E-state index in [2.05, 4.69) is 26.3 Å². The Morgan fingerprint density at radius 2 is 1.08 bits per heavy atom. The summed E-state index contributed by atoms with van der Waals surface area (Å²) in [6.45, 7) is 23.8. The second-order valence-electron chi connectivity index (χ2n) is 12.2. The van der Waals surface area contributed by atoms with Crippen LogP contribution in [0, 0.1) is 0 Å². The van der Waals surface area contributed by atoms with Gasteiger partial charge in [-0.3, -0.25) is 9.69 Å². The van der Waals surface area contributed by atoms with Crippen LogP contribution in [0.3, 0.4) is 0 Å². The van der Waals surface area contributed by atoms with E-state index in [9.17, 15) is 4.79 Å². The van der Waals surface area contributed by atoms with E-state index in [1.54, 1.807) is 0 Å². The van der Waals surface area contributed by atoms with Crippen molar-refractivity contribution in [2.75, 3.05) is 18.1 Å². The molecule has 0 saturated carbocycles. The molecule has 0 fully saturated rings. The minimum Gasteiger partial charge on any atom is -0.490 e. The number of hydrogen-bond acceptors (Lipinski definition) is 5. The van der Waals surface area contributed by atoms with Crippen molar-refractivity contribution in [3.63, 3.8) is 0 Å². The number of para-hydroxylation sites is 1. The summed E-state index contributed by atoms with van der Waals surface area (Å²) in [5, 5.41) is 0. The number of anilines is 1. The van der Waals surface area contributed by atoms with Gasteiger partial charge < -0.3 is 18.9 Å². The molecule has 2 unspecified atom stereocenters. The topological polar surface area (TPSA) is 57.2 Å². The standard InChI is InChI=1S/C42H43NO5/c1-28(2)32(7)47-30(5)26-45-37-22-18-34(19-23-37)42(35-20-24-38(25-21-35)46-27-31(6)48-33(8)29(3)4)40-17-13-12-16-39(40)41(44)43(42)36-14-10-9-11-15-36/h9-25,30-31H,1,3,7-8,26-27H2,2,4-6H3. The van der Waals surface area contributed by atoms with Gasteiger partial charge in [-0.1, -0.05) is 87.0 Å². The molecule has 0 N–H and O–H groups in total. The fraction of sp³-hybridized carbons (Fsp3) is 0.214. The number of benzene rings is 4. The Labute approximate surface area is 284 Å². The van der Waals surface area contributed by atoms with Crippen molar-refractivity contribution < 1.29 is 23.7 Å². The van der Waals surface area contributed by atoms with Crippen molar-refractivity contribution in [2.24, 2.45) is 0 Å². The second-order valence-corrected chi connectivity index (χ2v) is 12.2. The molecule has 0 radical (unpaired) electrons. The van der Waals surface area contributed by atoms with Gasteiger partial charge in [0.15, 0.2) is 0 Å². The third kappa shape index (κ3) is 6.93. The highest BCUT2D eigenvalue weighted by molar-refractivity contribution is 6.13. The van der Waals surface area contributed by atoms with Gasteiger partial charge >= 0.3 is 0 Å². The van der Waals surface area contributed by atoms with Crippen molar-refractivity contribution in [3.05, 3.63) is 174 Å². The lowest BCUT2D eigenvalue weighted by Crippen LogP contribution is -2.46. The van der Waals surface area contributed by atoms with Gasteiger partial charge in [-0.05, 0) is 98.0 Å². The number of ether oxygens (including phenoxy) is 4. The van der Waals surface area contributed by atoms with Gasteiger partial charge in [0.05, 0.1) is 0 Å². The Balaban J connectivity index is 1.52. The van der Waals surface area contributed by atoms with Crippen molar-refractivity contribution in [2.45, 2.75) is 45.4 Å². The maximum Gasteiger partial charge on any atom is 0.260 e. The minimum absolute atomic E-state index is 0.0788. The quantitative estimate of drug-likeness (QED) is 0.0956. The molecule has 1 amide bonds. The highest BCUT2D eigenvalue weighted by Gasteiger charge is 2.52. The van der Waals surface area contributed by atoms with E-state index < -0.39 is 5.54 Å². The van der Waals surface area contributed by atoms with Crippen molar-refractivity contribution >= 4 is 11.6 Å². The van der Waals surface area contributed by atoms with Crippen LogP contribution in [0.1, 0.15) is 54.7 Å². The predicted octanol–water partition coefficient (Wildman–Crippen LogP) is 9.39. The summed E-state index contributed by atoms with van der Waals surface area (Å²) >= 11 is 0. The van der Waals surface area contributed by atoms with Crippen molar-refractivity contribution in [1.29, 1.82) is 0 Å². The first-order valence-corrected chi connectivity index (χ1v) is 16.0. The van der Waals surface area contributed by atoms with E-state index in [-0.39, 0.29) is 18.1 Å². The second kappa shape index (κ2) is 14.5. The molecule has 0 bridgehead atoms. The van der Waals surface area contributed by atoms with Gasteiger partial charge in [0.25, 0.3) is 5.91 Å². The third-order valence-corrected chi connectivity index (χ3v) is 8.25. The van der Waals surface area contributed by atoms with Crippen LogP contribution in [0.2, 0.25) is 0 Å². The van der Waals surface area contributed by atoms with Gasteiger partial charge in [0.2, 0.25) is 0 Å². The minimum atomic E-state index is -0.975. The van der Waals surface area contributed by atoms with Crippen LogP contribution < -0.4 is 14.4 Å². The lowest BCUT2D eigenvalue weighted by molar-refractivity contribution is 0.0872. The SMILES string of the molecule is C=C(C)C(=C)OC(C)COc1ccc(C2(c3ccc(OCC(C)OC(=C)C(=C)C)cc3)c3ccccc3C(=O)N2c2ccccc2)cc1. The molecule has 0 saturated heterocycles. The molecule has 4 aromatic carbocycles. The van der Waals surface area contributed by atoms with Gasteiger partial charge in [-0.25, -0.2) is 0 Å². The molecule has 0 aliphatic carbocycles. The molecule has 1 heterocycles. The molecule has 5 rings (SSSR count). The number of nitrogens with zero attached hydrogens (tertiary/aromatic N) is 1. The summed E-state index contributed by atoms with van der Waals surface area (Å²) in [5.41, 5.74) is 4.72. The molecule has 4 aromatic rings. The first-order chi connectivity index (χ1) is 23.0. The zero-order valence-corrected chi connectivity index (χ0v) is 28.2. The zero-order chi connectivity index (χ0) is 34.4. The Hall–Kier alpha value is -5.49. The monoisotopic (exact) mass is 641 g/mol. The maximum atomic E-state index is 14.3. The van der Waals surface area contributed by atoms with Crippen LogP contribution in [0.15, 0.2) is 152 Å². The van der Waals surface area contributed by atoms with Crippen LogP contribution in [-0.2, 0) is 15.0 Å². The smallest absolute Gasteiger partial charge is 0.260 e. The van der Waals surface area contributed by atoms with Crippen molar-refractivity contribution in [1.82, 2.24) is 0 Å². The summed E-state index contributed by atoms with van der Waals surface area (Å²) in [4.78, 5) is 16.2. The highest BCUT2D eigenvalue weighted by atomic mass is 16.5. The molecule has 2 atom stereocenters. The number of allylic oxidation sites excluding steroid dienone is 2. The number of carbonyl (C=O) groups excluding carboxylic acids is 1. The van der Waals surface area contributed by atoms with Crippen LogP contribution in [-0.4, -0.2) is 31.3 Å². The van der Waals surface area contributed by atoms with Gasteiger partial charge in [0, 0.05) is 11.3 Å². The highest BCUT2D eigenvalue weighted by Crippen LogP contribution is 2.51. The number of rotatable bonds is 15. The largest absolute Gasteiger partial charge is 0.490 e. The van der Waals surface area contributed by atoms with E-state index >= 15 is 0 Å². The van der Waals surface area contributed by atoms with E-state index in [0.29, 0.717) is 41.8 Å². The average Bonchev–Trinajstić information content (AvgIpc) is 3.36. The Morgan fingerprint density at radius 1 is 0.646 bits per heavy atom. The molecule has 0 aromatic heterocycles. The summed E-state index contributed by atoms with van der Waals surface area (Å²) in [6.07, 6.45) is -0.429. The van der Waals surface area contributed by atoms with E-state index in [1.807, 2.05) is 136 Å². The molecular weight excluding hydrogens is 598 g/mol.